The van der Waals surface area contributed by atoms with Gasteiger partial charge in [-0.15, -0.1) is 0 Å². The molecule has 0 amide bonds. The van der Waals surface area contributed by atoms with Crippen LogP contribution in [0.15, 0.2) is 42.5 Å². The number of piperazine rings is 1. The highest BCUT2D eigenvalue weighted by Crippen LogP contribution is 2.19. The van der Waals surface area contributed by atoms with Gasteiger partial charge in [-0.05, 0) is 31.2 Å². The van der Waals surface area contributed by atoms with Crippen LogP contribution < -0.4 is 15.5 Å². The Kier molecular flexibility index (Phi) is 3.83. The molecule has 0 spiro atoms. The Labute approximate surface area is 119 Å². The Bertz CT molecular complexity index is 559. The third-order valence-electron chi connectivity index (χ3n) is 3.50. The largest absolute Gasteiger partial charge is 0.354 e. The highest BCUT2D eigenvalue weighted by Gasteiger charge is 2.11. The molecule has 1 aliphatic rings. The van der Waals surface area contributed by atoms with Gasteiger partial charge >= 0.3 is 0 Å². The highest BCUT2D eigenvalue weighted by molar-refractivity contribution is 5.58. The maximum absolute atomic E-state index is 4.70. The van der Waals surface area contributed by atoms with Crippen LogP contribution in [0.4, 0.5) is 17.3 Å². The third-order valence-corrected chi connectivity index (χ3v) is 3.50. The van der Waals surface area contributed by atoms with Gasteiger partial charge in [0.25, 0.3) is 0 Å². The molecule has 20 heavy (non-hydrogen) atoms. The van der Waals surface area contributed by atoms with Crippen LogP contribution in [-0.2, 0) is 0 Å². The maximum atomic E-state index is 4.70. The smallest absolute Gasteiger partial charge is 0.132 e. The summed E-state index contributed by atoms with van der Waals surface area (Å²) in [6.45, 7) is 6.17. The van der Waals surface area contributed by atoms with E-state index in [-0.39, 0.29) is 0 Å². The van der Waals surface area contributed by atoms with E-state index < -0.39 is 0 Å². The Hall–Kier alpha value is -2.07. The summed E-state index contributed by atoms with van der Waals surface area (Å²) >= 11 is 0. The number of pyridine rings is 1. The fourth-order valence-electron chi connectivity index (χ4n) is 2.35. The normalized spacial score (nSPS) is 15.2. The van der Waals surface area contributed by atoms with Crippen molar-refractivity contribution in [3.8, 4) is 0 Å². The van der Waals surface area contributed by atoms with Crippen LogP contribution in [-0.4, -0.2) is 31.2 Å². The maximum Gasteiger partial charge on any atom is 0.132 e. The van der Waals surface area contributed by atoms with Crippen molar-refractivity contribution in [1.29, 1.82) is 0 Å². The molecule has 2 heterocycles. The molecular formula is C16H20N4. The van der Waals surface area contributed by atoms with E-state index >= 15 is 0 Å². The Balaban J connectivity index is 1.75. The number of anilines is 3. The minimum atomic E-state index is 0.893. The lowest BCUT2D eigenvalue weighted by Gasteiger charge is -2.28. The van der Waals surface area contributed by atoms with Crippen LogP contribution in [0.1, 0.15) is 5.56 Å². The van der Waals surface area contributed by atoms with Gasteiger partial charge in [0.05, 0.1) is 0 Å². The lowest BCUT2D eigenvalue weighted by molar-refractivity contribution is 0.585. The number of nitrogens with one attached hydrogen (secondary N) is 2. The molecule has 0 aliphatic carbocycles. The minimum absolute atomic E-state index is 0.893. The standard InChI is InChI=1S/C16H20N4/c1-13-5-7-14(8-6-13)18-15-3-2-4-16(19-15)20-11-9-17-10-12-20/h2-8,17H,9-12H2,1H3,(H,18,19). The molecule has 3 rings (SSSR count). The van der Waals surface area contributed by atoms with E-state index in [4.69, 9.17) is 4.98 Å². The first kappa shape index (κ1) is 12.9. The molecule has 4 nitrogen and oxygen atoms in total. The molecule has 1 fully saturated rings. The fraction of sp³-hybridized carbons (Fsp3) is 0.312. The molecule has 1 aromatic carbocycles. The van der Waals surface area contributed by atoms with E-state index in [1.807, 2.05) is 6.07 Å². The lowest BCUT2D eigenvalue weighted by atomic mass is 10.2. The molecule has 1 saturated heterocycles. The van der Waals surface area contributed by atoms with E-state index in [0.29, 0.717) is 0 Å². The summed E-state index contributed by atoms with van der Waals surface area (Å²) in [6, 6.07) is 14.5. The number of aromatic nitrogens is 1. The predicted molar refractivity (Wildman–Crippen MR) is 83.8 cm³/mol. The Morgan fingerprint density at radius 1 is 1.05 bits per heavy atom. The van der Waals surface area contributed by atoms with E-state index in [1.54, 1.807) is 0 Å². The number of nitrogens with zero attached hydrogens (tertiary/aromatic N) is 2. The van der Waals surface area contributed by atoms with Crippen molar-refractivity contribution in [1.82, 2.24) is 10.3 Å². The van der Waals surface area contributed by atoms with Crippen molar-refractivity contribution in [2.24, 2.45) is 0 Å². The van der Waals surface area contributed by atoms with Gasteiger partial charge in [0.15, 0.2) is 0 Å². The van der Waals surface area contributed by atoms with Crippen LogP contribution in [0, 0.1) is 6.92 Å². The fourth-order valence-corrected chi connectivity index (χ4v) is 2.35. The van der Waals surface area contributed by atoms with Crippen molar-refractivity contribution in [2.75, 3.05) is 36.4 Å². The molecule has 0 atom stereocenters. The van der Waals surface area contributed by atoms with Gasteiger partial charge in [-0.25, -0.2) is 4.98 Å². The predicted octanol–water partition coefficient (Wildman–Crippen LogP) is 2.54. The van der Waals surface area contributed by atoms with E-state index in [9.17, 15) is 0 Å². The van der Waals surface area contributed by atoms with Crippen molar-refractivity contribution >= 4 is 17.3 Å². The van der Waals surface area contributed by atoms with Crippen molar-refractivity contribution < 1.29 is 0 Å². The lowest BCUT2D eigenvalue weighted by Crippen LogP contribution is -2.43. The van der Waals surface area contributed by atoms with E-state index in [2.05, 4.69) is 58.9 Å². The molecule has 1 aromatic heterocycles. The molecular weight excluding hydrogens is 248 g/mol. The highest BCUT2D eigenvalue weighted by atomic mass is 15.2. The molecule has 1 aliphatic heterocycles. The quantitative estimate of drug-likeness (QED) is 0.897. The summed E-state index contributed by atoms with van der Waals surface area (Å²) in [7, 11) is 0. The third kappa shape index (κ3) is 3.08. The first-order valence-electron chi connectivity index (χ1n) is 7.08. The summed E-state index contributed by atoms with van der Waals surface area (Å²) in [5.41, 5.74) is 2.33. The zero-order valence-electron chi connectivity index (χ0n) is 11.8. The zero-order chi connectivity index (χ0) is 13.8. The molecule has 2 N–H and O–H groups in total. The second-order valence-corrected chi connectivity index (χ2v) is 5.11. The van der Waals surface area contributed by atoms with Crippen LogP contribution in [0.5, 0.6) is 0 Å². The molecule has 0 bridgehead atoms. The van der Waals surface area contributed by atoms with Gasteiger partial charge in [0.1, 0.15) is 11.6 Å². The molecule has 2 aromatic rings. The van der Waals surface area contributed by atoms with Crippen molar-refractivity contribution in [3.05, 3.63) is 48.0 Å². The first-order valence-corrected chi connectivity index (χ1v) is 7.08. The van der Waals surface area contributed by atoms with Gasteiger partial charge in [0, 0.05) is 31.9 Å². The summed E-state index contributed by atoms with van der Waals surface area (Å²) in [4.78, 5) is 7.02. The van der Waals surface area contributed by atoms with E-state index in [1.165, 1.54) is 5.56 Å². The number of aryl methyl sites for hydroxylation is 1. The van der Waals surface area contributed by atoms with Crippen LogP contribution >= 0.6 is 0 Å². The number of hydrogen-bond donors (Lipinski definition) is 2. The zero-order valence-corrected chi connectivity index (χ0v) is 11.8. The Morgan fingerprint density at radius 2 is 1.80 bits per heavy atom. The average molecular weight is 268 g/mol. The number of rotatable bonds is 3. The minimum Gasteiger partial charge on any atom is -0.354 e. The van der Waals surface area contributed by atoms with Crippen LogP contribution in [0.3, 0.4) is 0 Å². The SMILES string of the molecule is Cc1ccc(Nc2cccc(N3CCNCC3)n2)cc1. The van der Waals surface area contributed by atoms with Gasteiger partial charge in [-0.2, -0.15) is 0 Å². The van der Waals surface area contributed by atoms with Crippen molar-refractivity contribution in [3.63, 3.8) is 0 Å². The van der Waals surface area contributed by atoms with Gasteiger partial charge in [-0.3, -0.25) is 0 Å². The monoisotopic (exact) mass is 268 g/mol. The van der Waals surface area contributed by atoms with E-state index in [0.717, 1.165) is 43.5 Å². The second kappa shape index (κ2) is 5.92. The topological polar surface area (TPSA) is 40.2 Å². The molecule has 0 radical (unpaired) electrons. The van der Waals surface area contributed by atoms with Gasteiger partial charge in [0.2, 0.25) is 0 Å². The second-order valence-electron chi connectivity index (χ2n) is 5.11. The molecule has 0 saturated carbocycles. The molecule has 4 heteroatoms. The summed E-state index contributed by atoms with van der Waals surface area (Å²) in [6.07, 6.45) is 0. The summed E-state index contributed by atoms with van der Waals surface area (Å²) < 4.78 is 0. The van der Waals surface area contributed by atoms with Crippen molar-refractivity contribution in [2.45, 2.75) is 6.92 Å². The van der Waals surface area contributed by atoms with Gasteiger partial charge in [-0.1, -0.05) is 23.8 Å². The Morgan fingerprint density at radius 3 is 2.55 bits per heavy atom. The molecule has 104 valence electrons. The molecule has 0 unspecified atom stereocenters. The summed E-state index contributed by atoms with van der Waals surface area (Å²) in [5, 5.41) is 6.72. The average Bonchev–Trinajstić information content (AvgIpc) is 2.51. The number of benzene rings is 1. The van der Waals surface area contributed by atoms with Crippen LogP contribution in [0.2, 0.25) is 0 Å². The van der Waals surface area contributed by atoms with Crippen LogP contribution in [0.25, 0.3) is 0 Å². The summed E-state index contributed by atoms with van der Waals surface area (Å²) in [5.74, 6) is 1.94. The first-order chi connectivity index (χ1) is 9.81. The number of hydrogen-bond acceptors (Lipinski definition) is 4. The van der Waals surface area contributed by atoms with Gasteiger partial charge < -0.3 is 15.5 Å².